The second-order valence-electron chi connectivity index (χ2n) is 5.54. The zero-order valence-electron chi connectivity index (χ0n) is 13.4. The predicted octanol–water partition coefficient (Wildman–Crippen LogP) is 2.50. The highest BCUT2D eigenvalue weighted by molar-refractivity contribution is 14.0. The average molecular weight is 416 g/mol. The minimum atomic E-state index is 0. The van der Waals surface area contributed by atoms with E-state index in [0.717, 1.165) is 30.2 Å². The van der Waals surface area contributed by atoms with Crippen LogP contribution < -0.4 is 15.5 Å². The third kappa shape index (κ3) is 5.15. The summed E-state index contributed by atoms with van der Waals surface area (Å²) < 4.78 is 0. The number of carbonyl (C=O) groups excluding carboxylic acids is 1. The molecule has 0 aliphatic carbocycles. The topological polar surface area (TPSA) is 56.7 Å². The molecule has 5 nitrogen and oxygen atoms in total. The first-order valence-corrected chi connectivity index (χ1v) is 7.46. The molecule has 1 amide bonds. The van der Waals surface area contributed by atoms with E-state index >= 15 is 0 Å². The molecule has 2 N–H and O–H groups in total. The number of aliphatic imine (C=N–C) groups is 1. The van der Waals surface area contributed by atoms with Gasteiger partial charge in [-0.05, 0) is 38.0 Å². The first kappa shape index (κ1) is 18.7. The third-order valence-electron chi connectivity index (χ3n) is 3.43. The summed E-state index contributed by atoms with van der Waals surface area (Å²) >= 11 is 0. The molecule has 122 valence electrons. The summed E-state index contributed by atoms with van der Waals surface area (Å²) in [6, 6.07) is 8.48. The van der Waals surface area contributed by atoms with E-state index in [4.69, 9.17) is 0 Å². The zero-order valence-corrected chi connectivity index (χ0v) is 15.8. The molecule has 0 saturated carbocycles. The van der Waals surface area contributed by atoms with Crippen LogP contribution in [-0.2, 0) is 11.3 Å². The Hall–Kier alpha value is -1.31. The number of hydrogen-bond acceptors (Lipinski definition) is 2. The van der Waals surface area contributed by atoms with Crippen LogP contribution in [0.3, 0.4) is 0 Å². The summed E-state index contributed by atoms with van der Waals surface area (Å²) in [4.78, 5) is 17.7. The number of rotatable bonds is 4. The molecule has 1 fully saturated rings. The van der Waals surface area contributed by atoms with Gasteiger partial charge in [0.1, 0.15) is 0 Å². The van der Waals surface area contributed by atoms with Gasteiger partial charge in [-0.25, -0.2) is 0 Å². The summed E-state index contributed by atoms with van der Waals surface area (Å²) in [5.74, 6) is 1.02. The third-order valence-corrected chi connectivity index (χ3v) is 3.43. The van der Waals surface area contributed by atoms with Crippen LogP contribution in [0.5, 0.6) is 0 Å². The quantitative estimate of drug-likeness (QED) is 0.451. The van der Waals surface area contributed by atoms with Gasteiger partial charge in [0.25, 0.3) is 0 Å². The zero-order chi connectivity index (χ0) is 15.2. The Morgan fingerprint density at radius 2 is 2.00 bits per heavy atom. The van der Waals surface area contributed by atoms with E-state index in [1.807, 2.05) is 17.0 Å². The molecule has 1 saturated heterocycles. The van der Waals surface area contributed by atoms with E-state index in [9.17, 15) is 4.79 Å². The lowest BCUT2D eigenvalue weighted by Gasteiger charge is -2.17. The maximum Gasteiger partial charge on any atom is 0.227 e. The number of benzene rings is 1. The summed E-state index contributed by atoms with van der Waals surface area (Å²) in [5, 5.41) is 6.52. The summed E-state index contributed by atoms with van der Waals surface area (Å²) in [6.45, 7) is 5.70. The van der Waals surface area contributed by atoms with Crippen molar-refractivity contribution in [2.45, 2.75) is 39.3 Å². The van der Waals surface area contributed by atoms with Crippen LogP contribution in [-0.4, -0.2) is 31.5 Å². The first-order valence-electron chi connectivity index (χ1n) is 7.46. The van der Waals surface area contributed by atoms with Crippen LogP contribution >= 0.6 is 24.0 Å². The first-order chi connectivity index (χ1) is 10.1. The van der Waals surface area contributed by atoms with Gasteiger partial charge in [0.05, 0.1) is 0 Å². The summed E-state index contributed by atoms with van der Waals surface area (Å²) in [7, 11) is 1.76. The van der Waals surface area contributed by atoms with E-state index in [0.29, 0.717) is 19.0 Å². The minimum absolute atomic E-state index is 0. The van der Waals surface area contributed by atoms with Crippen LogP contribution in [0.25, 0.3) is 0 Å². The van der Waals surface area contributed by atoms with Crippen LogP contribution in [0.2, 0.25) is 0 Å². The van der Waals surface area contributed by atoms with E-state index in [-0.39, 0.29) is 29.9 Å². The number of halogens is 1. The molecule has 0 spiro atoms. The smallest absolute Gasteiger partial charge is 0.227 e. The Kier molecular flexibility index (Phi) is 7.64. The van der Waals surface area contributed by atoms with Crippen molar-refractivity contribution in [1.29, 1.82) is 0 Å². The van der Waals surface area contributed by atoms with Crippen LogP contribution in [0.15, 0.2) is 29.3 Å². The lowest BCUT2D eigenvalue weighted by molar-refractivity contribution is -0.117. The van der Waals surface area contributed by atoms with E-state index in [1.54, 1.807) is 7.05 Å². The fraction of sp³-hybridized carbons (Fsp3) is 0.500. The molecule has 0 unspecified atom stereocenters. The number of guanidine groups is 1. The van der Waals surface area contributed by atoms with Crippen molar-refractivity contribution in [2.75, 3.05) is 18.5 Å². The molecule has 1 aliphatic heterocycles. The lowest BCUT2D eigenvalue weighted by atomic mass is 10.2. The predicted molar refractivity (Wildman–Crippen MR) is 102 cm³/mol. The Balaban J connectivity index is 0.00000242. The number of nitrogens with zero attached hydrogens (tertiary/aromatic N) is 2. The van der Waals surface area contributed by atoms with Gasteiger partial charge in [-0.2, -0.15) is 0 Å². The Morgan fingerprint density at radius 3 is 2.50 bits per heavy atom. The second-order valence-corrected chi connectivity index (χ2v) is 5.54. The Bertz CT molecular complexity index is 513. The summed E-state index contributed by atoms with van der Waals surface area (Å²) in [6.07, 6.45) is 1.62. The molecule has 6 heteroatoms. The average Bonchev–Trinajstić information content (AvgIpc) is 2.90. The highest BCUT2D eigenvalue weighted by Crippen LogP contribution is 2.21. The molecule has 0 radical (unpaired) electrons. The molecule has 0 bridgehead atoms. The van der Waals surface area contributed by atoms with Gasteiger partial charge in [0, 0.05) is 38.3 Å². The number of nitrogens with one attached hydrogen (secondary N) is 2. The van der Waals surface area contributed by atoms with Gasteiger partial charge in [-0.3, -0.25) is 9.79 Å². The summed E-state index contributed by atoms with van der Waals surface area (Å²) in [5.41, 5.74) is 2.16. The molecular formula is C16H25IN4O. The maximum atomic E-state index is 11.7. The van der Waals surface area contributed by atoms with Crippen molar-refractivity contribution in [3.63, 3.8) is 0 Å². The Labute approximate surface area is 149 Å². The van der Waals surface area contributed by atoms with Crippen molar-refractivity contribution in [1.82, 2.24) is 10.6 Å². The SMILES string of the molecule is CN=C(NCc1ccc(N2CCCC2=O)cc1)NC(C)C.I. The van der Waals surface area contributed by atoms with E-state index in [2.05, 4.69) is 41.6 Å². The van der Waals surface area contributed by atoms with Crippen molar-refractivity contribution in [2.24, 2.45) is 4.99 Å². The van der Waals surface area contributed by atoms with E-state index in [1.165, 1.54) is 0 Å². The molecule has 1 heterocycles. The molecule has 1 aromatic rings. The monoisotopic (exact) mass is 416 g/mol. The van der Waals surface area contributed by atoms with Gasteiger partial charge in [-0.1, -0.05) is 12.1 Å². The highest BCUT2D eigenvalue weighted by atomic mass is 127. The number of amides is 1. The van der Waals surface area contributed by atoms with Crippen molar-refractivity contribution in [3.05, 3.63) is 29.8 Å². The van der Waals surface area contributed by atoms with E-state index < -0.39 is 0 Å². The van der Waals surface area contributed by atoms with Crippen LogP contribution in [0.4, 0.5) is 5.69 Å². The fourth-order valence-corrected chi connectivity index (χ4v) is 2.37. The molecule has 0 atom stereocenters. The number of hydrogen-bond donors (Lipinski definition) is 2. The largest absolute Gasteiger partial charge is 0.354 e. The van der Waals surface area contributed by atoms with Crippen molar-refractivity contribution in [3.8, 4) is 0 Å². The lowest BCUT2D eigenvalue weighted by Crippen LogP contribution is -2.40. The highest BCUT2D eigenvalue weighted by Gasteiger charge is 2.21. The minimum Gasteiger partial charge on any atom is -0.354 e. The maximum absolute atomic E-state index is 11.7. The van der Waals surface area contributed by atoms with Gasteiger partial charge in [0.15, 0.2) is 5.96 Å². The normalized spacial score (nSPS) is 15.0. The van der Waals surface area contributed by atoms with Crippen molar-refractivity contribution < 1.29 is 4.79 Å². The molecule has 1 aromatic carbocycles. The number of anilines is 1. The fourth-order valence-electron chi connectivity index (χ4n) is 2.37. The molecule has 0 aromatic heterocycles. The van der Waals surface area contributed by atoms with Crippen LogP contribution in [0, 0.1) is 0 Å². The second kappa shape index (κ2) is 8.97. The standard InChI is InChI=1S/C16H24N4O.HI/c1-12(2)19-16(17-3)18-11-13-6-8-14(9-7-13)20-10-4-5-15(20)21;/h6-9,12H,4-5,10-11H2,1-3H3,(H2,17,18,19);1H. The van der Waals surface area contributed by atoms with Gasteiger partial charge in [-0.15, -0.1) is 24.0 Å². The number of carbonyl (C=O) groups is 1. The van der Waals surface area contributed by atoms with Crippen LogP contribution in [0.1, 0.15) is 32.3 Å². The molecule has 2 rings (SSSR count). The Morgan fingerprint density at radius 1 is 1.32 bits per heavy atom. The van der Waals surface area contributed by atoms with Gasteiger partial charge in [0.2, 0.25) is 5.91 Å². The molecular weight excluding hydrogens is 391 g/mol. The van der Waals surface area contributed by atoms with Crippen molar-refractivity contribution >= 4 is 41.5 Å². The molecule has 1 aliphatic rings. The van der Waals surface area contributed by atoms with Gasteiger partial charge < -0.3 is 15.5 Å². The van der Waals surface area contributed by atoms with Gasteiger partial charge >= 0.3 is 0 Å². The molecule has 22 heavy (non-hydrogen) atoms.